The molecule has 2 aliphatic heterocycles. The Morgan fingerprint density at radius 3 is 2.52 bits per heavy atom. The minimum absolute atomic E-state index is 0.0618. The molecule has 2 aliphatic rings. The highest BCUT2D eigenvalue weighted by Crippen LogP contribution is 2.34. The molecule has 0 radical (unpaired) electrons. The smallest absolute Gasteiger partial charge is 0.282 e. The van der Waals surface area contributed by atoms with Gasteiger partial charge in [0.25, 0.3) is 10.2 Å². The molecule has 128 valence electrons. The Morgan fingerprint density at radius 2 is 1.87 bits per heavy atom. The summed E-state index contributed by atoms with van der Waals surface area (Å²) in [4.78, 5) is 0. The monoisotopic (exact) mass is 342 g/mol. The van der Waals surface area contributed by atoms with Crippen LogP contribution in [0.25, 0.3) is 0 Å². The standard InChI is InChI=1S/C16H23FN2O3S/c1-12-9-15(14-3-5-16(17)6-4-14)11-19(12)23(20,21)18-7-8-22-13(2)10-18/h3-6,12-13,15H,7-11H2,1-2H3/t12-,13-,15+/m1/s1. The second-order valence-electron chi connectivity index (χ2n) is 6.45. The van der Waals surface area contributed by atoms with Gasteiger partial charge >= 0.3 is 0 Å². The van der Waals surface area contributed by atoms with Gasteiger partial charge < -0.3 is 4.74 Å². The SMILES string of the molecule is C[C@@H]1CN(S(=O)(=O)N2C[C@@H](c3ccc(F)cc3)C[C@H]2C)CCO1. The van der Waals surface area contributed by atoms with E-state index in [0.29, 0.717) is 26.2 Å². The molecule has 2 fully saturated rings. The van der Waals surface area contributed by atoms with E-state index in [0.717, 1.165) is 12.0 Å². The Balaban J connectivity index is 1.76. The van der Waals surface area contributed by atoms with Gasteiger partial charge in [0.2, 0.25) is 0 Å². The van der Waals surface area contributed by atoms with Gasteiger partial charge in [-0.3, -0.25) is 0 Å². The quantitative estimate of drug-likeness (QED) is 0.844. The molecular formula is C16H23FN2O3S. The fourth-order valence-electron chi connectivity index (χ4n) is 3.44. The highest BCUT2D eigenvalue weighted by Gasteiger charge is 2.41. The minimum Gasteiger partial charge on any atom is -0.376 e. The molecule has 0 aliphatic carbocycles. The molecular weight excluding hydrogens is 319 g/mol. The van der Waals surface area contributed by atoms with Gasteiger partial charge in [-0.1, -0.05) is 12.1 Å². The molecule has 0 aromatic heterocycles. The second kappa shape index (κ2) is 6.47. The molecule has 1 aromatic carbocycles. The lowest BCUT2D eigenvalue weighted by Crippen LogP contribution is -2.51. The first-order valence-electron chi connectivity index (χ1n) is 8.02. The van der Waals surface area contributed by atoms with Gasteiger partial charge in [-0.05, 0) is 43.9 Å². The van der Waals surface area contributed by atoms with Gasteiger partial charge in [0, 0.05) is 25.7 Å². The molecule has 0 saturated carbocycles. The molecule has 3 rings (SSSR count). The fraction of sp³-hybridized carbons (Fsp3) is 0.625. The molecule has 1 aromatic rings. The molecule has 23 heavy (non-hydrogen) atoms. The molecule has 0 unspecified atom stereocenters. The van der Waals surface area contributed by atoms with Crippen LogP contribution in [0.2, 0.25) is 0 Å². The van der Waals surface area contributed by atoms with E-state index in [2.05, 4.69) is 0 Å². The molecule has 2 heterocycles. The van der Waals surface area contributed by atoms with Crippen molar-refractivity contribution in [3.63, 3.8) is 0 Å². The summed E-state index contributed by atoms with van der Waals surface area (Å²) in [5, 5.41) is 0. The van der Waals surface area contributed by atoms with E-state index in [1.807, 2.05) is 13.8 Å². The molecule has 3 atom stereocenters. The number of hydrogen-bond donors (Lipinski definition) is 0. The maximum atomic E-state index is 13.1. The number of hydrogen-bond acceptors (Lipinski definition) is 3. The molecule has 0 spiro atoms. The molecule has 5 nitrogen and oxygen atoms in total. The number of halogens is 1. The third kappa shape index (κ3) is 3.42. The maximum Gasteiger partial charge on any atom is 0.282 e. The largest absolute Gasteiger partial charge is 0.376 e. The van der Waals surface area contributed by atoms with Crippen molar-refractivity contribution in [2.75, 3.05) is 26.2 Å². The van der Waals surface area contributed by atoms with Crippen molar-refractivity contribution in [1.29, 1.82) is 0 Å². The van der Waals surface area contributed by atoms with Crippen LogP contribution in [0, 0.1) is 5.82 Å². The average Bonchev–Trinajstić information content (AvgIpc) is 2.91. The number of ether oxygens (including phenoxy) is 1. The van der Waals surface area contributed by atoms with Crippen molar-refractivity contribution in [2.24, 2.45) is 0 Å². The van der Waals surface area contributed by atoms with E-state index in [1.165, 1.54) is 16.4 Å². The van der Waals surface area contributed by atoms with E-state index in [4.69, 9.17) is 4.74 Å². The Kier molecular flexibility index (Phi) is 4.73. The summed E-state index contributed by atoms with van der Waals surface area (Å²) in [5.41, 5.74) is 0.992. The predicted octanol–water partition coefficient (Wildman–Crippen LogP) is 1.97. The minimum atomic E-state index is -3.48. The van der Waals surface area contributed by atoms with Gasteiger partial charge in [-0.25, -0.2) is 4.39 Å². The van der Waals surface area contributed by atoms with E-state index < -0.39 is 10.2 Å². The third-order valence-electron chi connectivity index (χ3n) is 4.69. The molecule has 0 bridgehead atoms. The number of benzene rings is 1. The predicted molar refractivity (Wildman–Crippen MR) is 85.8 cm³/mol. The summed E-state index contributed by atoms with van der Waals surface area (Å²) in [7, 11) is -3.48. The normalized spacial score (nSPS) is 30.7. The van der Waals surface area contributed by atoms with Crippen LogP contribution >= 0.6 is 0 Å². The Bertz CT molecular complexity index is 650. The second-order valence-corrected chi connectivity index (χ2v) is 8.33. The zero-order chi connectivity index (χ0) is 16.6. The summed E-state index contributed by atoms with van der Waals surface area (Å²) in [5.74, 6) is -0.162. The van der Waals surface area contributed by atoms with Crippen molar-refractivity contribution < 1.29 is 17.5 Å². The van der Waals surface area contributed by atoms with Crippen LogP contribution in [0.1, 0.15) is 31.7 Å². The number of rotatable bonds is 3. The van der Waals surface area contributed by atoms with Crippen LogP contribution in [0.5, 0.6) is 0 Å². The highest BCUT2D eigenvalue weighted by atomic mass is 32.2. The Labute approximate surface area is 137 Å². The third-order valence-corrected chi connectivity index (χ3v) is 6.77. The fourth-order valence-corrected chi connectivity index (χ4v) is 5.35. The number of morpholine rings is 1. The van der Waals surface area contributed by atoms with Crippen LogP contribution in [0.3, 0.4) is 0 Å². The summed E-state index contributed by atoms with van der Waals surface area (Å²) in [6.07, 6.45) is 0.675. The van der Waals surface area contributed by atoms with Crippen LogP contribution in [-0.2, 0) is 14.9 Å². The van der Waals surface area contributed by atoms with Gasteiger partial charge in [0.1, 0.15) is 5.82 Å². The van der Waals surface area contributed by atoms with E-state index >= 15 is 0 Å². The van der Waals surface area contributed by atoms with Gasteiger partial charge in [0.05, 0.1) is 12.7 Å². The number of nitrogens with zero attached hydrogens (tertiary/aromatic N) is 2. The topological polar surface area (TPSA) is 49.9 Å². The van der Waals surface area contributed by atoms with Crippen LogP contribution < -0.4 is 0 Å². The zero-order valence-electron chi connectivity index (χ0n) is 13.5. The summed E-state index contributed by atoms with van der Waals surface area (Å²) in [6.45, 7) is 5.50. The summed E-state index contributed by atoms with van der Waals surface area (Å²) < 4.78 is 47.4. The van der Waals surface area contributed by atoms with Crippen molar-refractivity contribution in [1.82, 2.24) is 8.61 Å². The maximum absolute atomic E-state index is 13.1. The average molecular weight is 342 g/mol. The van der Waals surface area contributed by atoms with Crippen molar-refractivity contribution in [2.45, 2.75) is 38.3 Å². The van der Waals surface area contributed by atoms with E-state index in [9.17, 15) is 12.8 Å². The molecule has 0 amide bonds. The first-order valence-corrected chi connectivity index (χ1v) is 9.41. The van der Waals surface area contributed by atoms with Crippen molar-refractivity contribution in [3.8, 4) is 0 Å². The van der Waals surface area contributed by atoms with E-state index in [-0.39, 0.29) is 23.9 Å². The Morgan fingerprint density at radius 1 is 1.17 bits per heavy atom. The van der Waals surface area contributed by atoms with Crippen LogP contribution in [-0.4, -0.2) is 55.4 Å². The first-order chi connectivity index (χ1) is 10.9. The van der Waals surface area contributed by atoms with Gasteiger partial charge in [-0.15, -0.1) is 0 Å². The summed E-state index contributed by atoms with van der Waals surface area (Å²) >= 11 is 0. The van der Waals surface area contributed by atoms with E-state index in [1.54, 1.807) is 16.4 Å². The lowest BCUT2D eigenvalue weighted by atomic mass is 9.97. The zero-order valence-corrected chi connectivity index (χ0v) is 14.3. The van der Waals surface area contributed by atoms with Crippen molar-refractivity contribution in [3.05, 3.63) is 35.6 Å². The molecule has 2 saturated heterocycles. The molecule has 7 heteroatoms. The van der Waals surface area contributed by atoms with Crippen molar-refractivity contribution >= 4 is 10.2 Å². The Hall–Kier alpha value is -1.02. The summed E-state index contributed by atoms with van der Waals surface area (Å²) in [6, 6.07) is 6.30. The van der Waals surface area contributed by atoms with Crippen LogP contribution in [0.4, 0.5) is 4.39 Å². The van der Waals surface area contributed by atoms with Crippen LogP contribution in [0.15, 0.2) is 24.3 Å². The lowest BCUT2D eigenvalue weighted by Gasteiger charge is -2.34. The highest BCUT2D eigenvalue weighted by molar-refractivity contribution is 7.86. The lowest BCUT2D eigenvalue weighted by molar-refractivity contribution is 0.00818. The molecule has 0 N–H and O–H groups in total. The first kappa shape index (κ1) is 16.8. The van der Waals surface area contributed by atoms with Gasteiger partial charge in [0.15, 0.2) is 0 Å². The van der Waals surface area contributed by atoms with Gasteiger partial charge in [-0.2, -0.15) is 17.0 Å².